The Morgan fingerprint density at radius 3 is 0.986 bits per heavy atom. The summed E-state index contributed by atoms with van der Waals surface area (Å²) in [6, 6.07) is 4.79. The summed E-state index contributed by atoms with van der Waals surface area (Å²) in [7, 11) is 0. The second-order valence-electron chi connectivity index (χ2n) is 23.3. The predicted molar refractivity (Wildman–Crippen MR) is 317 cm³/mol. The zero-order chi connectivity index (χ0) is 51.5. The molecule has 0 radical (unpaired) electrons. The van der Waals surface area contributed by atoms with Crippen LogP contribution in [0.15, 0.2) is 12.1 Å². The number of ether oxygens (including phenoxy) is 1. The van der Waals surface area contributed by atoms with Gasteiger partial charge in [-0.1, -0.05) is 304 Å². The molecule has 3 nitrogen and oxygen atoms in total. The number of fused-ring (bicyclic) bond motifs is 2. The van der Waals surface area contributed by atoms with Crippen LogP contribution in [-0.4, -0.2) is 11.1 Å². The average molecular weight is 998 g/mol. The molecule has 0 aliphatic carbocycles. The van der Waals surface area contributed by atoms with Crippen LogP contribution in [0.25, 0.3) is 0 Å². The van der Waals surface area contributed by atoms with Gasteiger partial charge in [0.1, 0.15) is 11.5 Å². The van der Waals surface area contributed by atoms with Crippen LogP contribution in [0.5, 0.6) is 11.5 Å². The van der Waals surface area contributed by atoms with Gasteiger partial charge >= 0.3 is 5.97 Å². The fourth-order valence-corrected chi connectivity index (χ4v) is 12.2. The van der Waals surface area contributed by atoms with Crippen molar-refractivity contribution in [2.45, 2.75) is 362 Å². The molecule has 0 fully saturated rings. The van der Waals surface area contributed by atoms with Gasteiger partial charge in [-0.15, -0.1) is 0 Å². The van der Waals surface area contributed by atoms with E-state index in [-0.39, 0.29) is 0 Å². The van der Waals surface area contributed by atoms with Gasteiger partial charge in [0.05, 0.1) is 5.56 Å². The van der Waals surface area contributed by atoms with Crippen LogP contribution >= 0.6 is 0 Å². The molecule has 2 aromatic carbocycles. The number of rotatable bonds is 51. The maximum atomic E-state index is 13.9. The number of aromatic carboxylic acids is 1. The maximum Gasteiger partial charge on any atom is 0.336 e. The molecule has 0 spiro atoms. The number of unbranched alkanes of at least 4 members (excludes halogenated alkanes) is 40. The van der Waals surface area contributed by atoms with Crippen molar-refractivity contribution in [1.82, 2.24) is 0 Å². The third-order valence-corrected chi connectivity index (χ3v) is 16.8. The Morgan fingerprint density at radius 2 is 0.639 bits per heavy atom. The molecule has 0 aromatic heterocycles. The van der Waals surface area contributed by atoms with E-state index in [9.17, 15) is 9.90 Å². The highest BCUT2D eigenvalue weighted by molar-refractivity contribution is 5.94. The fraction of sp³-hybridized carbons (Fsp3) is 0.812. The van der Waals surface area contributed by atoms with Crippen molar-refractivity contribution in [3.63, 3.8) is 0 Å². The molecule has 0 unspecified atom stereocenters. The van der Waals surface area contributed by atoms with Gasteiger partial charge in [0.2, 0.25) is 0 Å². The van der Waals surface area contributed by atoms with E-state index >= 15 is 0 Å². The number of carbonyl (C=O) groups is 1. The van der Waals surface area contributed by atoms with Crippen LogP contribution in [-0.2, 0) is 38.5 Å². The molecule has 2 aromatic rings. The summed E-state index contributed by atoms with van der Waals surface area (Å²) in [5, 5.41) is 11.4. The molecule has 72 heavy (non-hydrogen) atoms. The zero-order valence-corrected chi connectivity index (χ0v) is 49.0. The molecule has 0 amide bonds. The summed E-state index contributed by atoms with van der Waals surface area (Å²) in [6.07, 6.45) is 65.1. The summed E-state index contributed by atoms with van der Waals surface area (Å²) < 4.78 is 7.55. The van der Waals surface area contributed by atoms with E-state index in [1.54, 1.807) is 0 Å². The van der Waals surface area contributed by atoms with Crippen LogP contribution in [0.1, 0.15) is 373 Å². The second kappa shape index (κ2) is 43.9. The van der Waals surface area contributed by atoms with Crippen LogP contribution in [0.4, 0.5) is 0 Å². The van der Waals surface area contributed by atoms with Crippen LogP contribution in [0.2, 0.25) is 0 Å². The lowest BCUT2D eigenvalue weighted by Gasteiger charge is -2.31. The minimum atomic E-state index is -0.732. The number of carboxylic acids is 1. The first-order chi connectivity index (χ1) is 35.5. The molecule has 1 aliphatic rings. The van der Waals surface area contributed by atoms with Crippen molar-refractivity contribution in [3.05, 3.63) is 56.6 Å². The van der Waals surface area contributed by atoms with Gasteiger partial charge in [0.25, 0.3) is 0 Å². The first-order valence-corrected chi connectivity index (χ1v) is 32.8. The van der Waals surface area contributed by atoms with Crippen molar-refractivity contribution >= 4 is 5.97 Å². The van der Waals surface area contributed by atoms with Crippen molar-refractivity contribution in [2.75, 3.05) is 0 Å². The van der Waals surface area contributed by atoms with Gasteiger partial charge in [-0.25, -0.2) is 4.79 Å². The molecule has 1 heterocycles. The number of aryl methyl sites for hydroxylation is 1. The molecule has 0 bridgehead atoms. The van der Waals surface area contributed by atoms with Crippen LogP contribution in [0, 0.1) is 0 Å². The van der Waals surface area contributed by atoms with Gasteiger partial charge in [0, 0.05) is 12.0 Å². The van der Waals surface area contributed by atoms with Crippen LogP contribution < -0.4 is 4.74 Å². The van der Waals surface area contributed by atoms with Gasteiger partial charge < -0.3 is 9.84 Å². The Bertz CT molecular complexity index is 1620. The minimum Gasteiger partial charge on any atom is -0.478 e. The molecule has 1 N–H and O–H groups in total. The molecule has 0 saturated carbocycles. The first-order valence-electron chi connectivity index (χ1n) is 32.8. The van der Waals surface area contributed by atoms with Gasteiger partial charge in [-0.2, -0.15) is 0 Å². The average Bonchev–Trinajstić information content (AvgIpc) is 3.38. The summed E-state index contributed by atoms with van der Waals surface area (Å²) in [5.74, 6) is 1.35. The topological polar surface area (TPSA) is 46.5 Å². The number of hydrogen-bond donors (Lipinski definition) is 1. The molecule has 3 rings (SSSR count). The highest BCUT2D eigenvalue weighted by atomic mass is 16.5. The Labute approximate surface area is 448 Å². The van der Waals surface area contributed by atoms with Crippen molar-refractivity contribution < 1.29 is 14.6 Å². The summed E-state index contributed by atoms with van der Waals surface area (Å²) in [4.78, 5) is 13.9. The Morgan fingerprint density at radius 1 is 0.347 bits per heavy atom. The van der Waals surface area contributed by atoms with Gasteiger partial charge in [0.15, 0.2) is 0 Å². The number of hydrogen-bond acceptors (Lipinski definition) is 2. The lowest BCUT2D eigenvalue weighted by atomic mass is 9.80. The van der Waals surface area contributed by atoms with E-state index < -0.39 is 5.97 Å². The predicted octanol–water partition coefficient (Wildman–Crippen LogP) is 23.4. The molecule has 414 valence electrons. The van der Waals surface area contributed by atoms with Crippen molar-refractivity contribution in [1.29, 1.82) is 0 Å². The van der Waals surface area contributed by atoms with Crippen molar-refractivity contribution in [3.8, 4) is 11.5 Å². The Hall–Kier alpha value is -2.29. The first kappa shape index (κ1) is 64.0. The molecular formula is C69H120O3. The van der Waals surface area contributed by atoms with E-state index in [1.165, 1.54) is 303 Å². The third kappa shape index (κ3) is 27.0. The highest BCUT2D eigenvalue weighted by Gasteiger charge is 2.33. The second-order valence-corrected chi connectivity index (χ2v) is 23.3. The standard InChI is InChI=1S/C69H120O3/c1-6-11-16-21-26-31-36-41-46-51-59-56-57-60-58-65-66(69(70)71)63(54-49-44-39-34-29-24-19-14-9-4)62(53-48-43-38-33-28-23-18-13-8-3)64(55-50-45-40-35-30-25-20-15-10-5)68(65)72-67(60)61(59)52-47-42-37-32-27-22-17-12-7-2/h56-57H,6-55,58H2,1-5H3,(H,70,71). The molecule has 1 aliphatic heterocycles. The zero-order valence-electron chi connectivity index (χ0n) is 49.0. The SMILES string of the molecule is CCCCCCCCCCCc1ccc2c(c1CCCCCCCCCCC)Oc1c(CCCCCCCCCCC)c(CCCCCCCCCCC)c(CCCCCCCCCCC)c(C(=O)O)c1C2. The van der Waals surface area contributed by atoms with Gasteiger partial charge in [-0.05, 0) is 97.6 Å². The van der Waals surface area contributed by atoms with Crippen molar-refractivity contribution in [2.24, 2.45) is 0 Å². The maximum absolute atomic E-state index is 13.9. The summed E-state index contributed by atoms with van der Waals surface area (Å²) >= 11 is 0. The van der Waals surface area contributed by atoms with Gasteiger partial charge in [-0.3, -0.25) is 0 Å². The van der Waals surface area contributed by atoms with Crippen LogP contribution in [0.3, 0.4) is 0 Å². The number of carboxylic acid groups (broad SMARTS) is 1. The lowest BCUT2D eigenvalue weighted by Crippen LogP contribution is -2.19. The van der Waals surface area contributed by atoms with E-state index in [0.29, 0.717) is 12.0 Å². The molecule has 0 saturated heterocycles. The molecule has 0 atom stereocenters. The largest absolute Gasteiger partial charge is 0.478 e. The summed E-state index contributed by atoms with van der Waals surface area (Å²) in [5.41, 5.74) is 9.72. The summed E-state index contributed by atoms with van der Waals surface area (Å²) in [6.45, 7) is 11.5. The van der Waals surface area contributed by atoms with E-state index in [2.05, 4.69) is 46.8 Å². The molecule has 3 heteroatoms. The van der Waals surface area contributed by atoms with E-state index in [4.69, 9.17) is 4.74 Å². The van der Waals surface area contributed by atoms with E-state index in [1.807, 2.05) is 0 Å². The van der Waals surface area contributed by atoms with E-state index in [0.717, 1.165) is 68.4 Å². The highest BCUT2D eigenvalue weighted by Crippen LogP contribution is 2.47. The molecular weight excluding hydrogens is 877 g/mol. The minimum absolute atomic E-state index is 0.608. The number of benzene rings is 2. The quantitative estimate of drug-likeness (QED) is 0.0573. The Balaban J connectivity index is 2.00. The fourth-order valence-electron chi connectivity index (χ4n) is 12.2. The lowest BCUT2D eigenvalue weighted by molar-refractivity contribution is 0.0693. The third-order valence-electron chi connectivity index (χ3n) is 16.8. The monoisotopic (exact) mass is 997 g/mol. The normalized spacial score (nSPS) is 12.1. The smallest absolute Gasteiger partial charge is 0.336 e. The Kier molecular flexibility index (Phi) is 39.0.